The van der Waals surface area contributed by atoms with E-state index in [-0.39, 0.29) is 42.3 Å². The van der Waals surface area contributed by atoms with Gasteiger partial charge < -0.3 is 9.84 Å². The molecule has 2 aromatic carbocycles. The molecule has 8 nitrogen and oxygen atoms in total. The first-order valence-corrected chi connectivity index (χ1v) is 15.0. The van der Waals surface area contributed by atoms with Crippen LogP contribution < -0.4 is 9.64 Å². The van der Waals surface area contributed by atoms with Crippen molar-refractivity contribution in [1.29, 1.82) is 0 Å². The number of para-hydroxylation sites is 1. The van der Waals surface area contributed by atoms with Crippen LogP contribution in [-0.2, 0) is 25.7 Å². The van der Waals surface area contributed by atoms with Crippen molar-refractivity contribution in [2.75, 3.05) is 12.0 Å². The van der Waals surface area contributed by atoms with Crippen LogP contribution in [0.25, 0.3) is 0 Å². The molecule has 1 N–H and O–H groups in total. The number of phenolic OH excluding ortho intramolecular Hbond substituents is 1. The second-order valence-corrected chi connectivity index (χ2v) is 12.8. The molecule has 7 rings (SSSR count). The zero-order valence-corrected chi connectivity index (χ0v) is 24.0. The summed E-state index contributed by atoms with van der Waals surface area (Å²) in [5, 5.41) is 13.2. The maximum atomic E-state index is 14.4. The topological polar surface area (TPSA) is 104 Å². The fourth-order valence-corrected chi connectivity index (χ4v) is 8.62. The Morgan fingerprint density at radius 1 is 0.952 bits per heavy atom. The van der Waals surface area contributed by atoms with Gasteiger partial charge in [-0.2, -0.15) is 0 Å². The maximum Gasteiger partial charge on any atom is 0.241 e. The number of methoxy groups -OCH3 is 1. The minimum atomic E-state index is -1.25. The number of thiophene rings is 1. The van der Waals surface area contributed by atoms with E-state index in [9.17, 15) is 24.3 Å². The van der Waals surface area contributed by atoms with E-state index in [1.807, 2.05) is 29.7 Å². The fourth-order valence-electron chi connectivity index (χ4n) is 7.93. The van der Waals surface area contributed by atoms with Crippen LogP contribution in [0, 0.1) is 29.1 Å². The number of likely N-dealkylation sites (tertiary alicyclic amines) is 1. The van der Waals surface area contributed by atoms with Gasteiger partial charge in [0, 0.05) is 16.4 Å². The number of imide groups is 2. The van der Waals surface area contributed by atoms with Gasteiger partial charge in [-0.15, -0.1) is 11.3 Å². The van der Waals surface area contributed by atoms with E-state index in [1.165, 1.54) is 28.2 Å². The minimum Gasteiger partial charge on any atom is -0.508 e. The highest BCUT2D eigenvalue weighted by Crippen LogP contribution is 2.65. The van der Waals surface area contributed by atoms with E-state index in [0.717, 1.165) is 10.5 Å². The number of carbonyl (C=O) groups is 4. The first-order chi connectivity index (χ1) is 20.3. The quantitative estimate of drug-likeness (QED) is 0.339. The van der Waals surface area contributed by atoms with Crippen LogP contribution in [0.2, 0.25) is 0 Å². The molecule has 6 atom stereocenters. The molecule has 0 radical (unpaired) electrons. The summed E-state index contributed by atoms with van der Waals surface area (Å²) in [5.41, 5.74) is 0.460. The van der Waals surface area contributed by atoms with Crippen LogP contribution in [-0.4, -0.2) is 40.7 Å². The standard InChI is InChI=1S/C33H30N2O6S/c1-33-23(30(38)35(32(33)40)18-8-4-3-5-9-18)16-22-20(28(33)27-24(36)11-6-12-25(27)41-2)13-14-21-26(22)31(39)34(29(21)37)17-19-10-7-15-42-19/h3-13,15,21-23,26,28,36H,14,16-17H2,1-2H3/t21-,22+,23-,26-,28+,33+/m0/s1. The molecule has 1 aromatic heterocycles. The van der Waals surface area contributed by atoms with E-state index in [4.69, 9.17) is 4.74 Å². The van der Waals surface area contributed by atoms with Crippen molar-refractivity contribution in [2.45, 2.75) is 32.2 Å². The summed E-state index contributed by atoms with van der Waals surface area (Å²) in [4.78, 5) is 59.8. The van der Waals surface area contributed by atoms with Gasteiger partial charge in [0.15, 0.2) is 0 Å². The highest BCUT2D eigenvalue weighted by molar-refractivity contribution is 7.09. The number of carbonyl (C=O) groups excluding carboxylic acids is 4. The van der Waals surface area contributed by atoms with Crippen molar-refractivity contribution in [1.82, 2.24) is 4.90 Å². The Labute approximate surface area is 247 Å². The molecule has 0 spiro atoms. The maximum absolute atomic E-state index is 14.4. The van der Waals surface area contributed by atoms with Gasteiger partial charge in [0.25, 0.3) is 0 Å². The predicted octanol–water partition coefficient (Wildman–Crippen LogP) is 4.89. The minimum absolute atomic E-state index is 0.0467. The van der Waals surface area contributed by atoms with Crippen LogP contribution in [0.4, 0.5) is 5.69 Å². The van der Waals surface area contributed by atoms with Crippen LogP contribution in [0.15, 0.2) is 77.7 Å². The number of amides is 4. The van der Waals surface area contributed by atoms with Crippen LogP contribution in [0.1, 0.15) is 36.1 Å². The Morgan fingerprint density at radius 2 is 1.74 bits per heavy atom. The zero-order valence-electron chi connectivity index (χ0n) is 23.2. The molecule has 2 saturated heterocycles. The number of ether oxygens (including phenoxy) is 1. The first kappa shape index (κ1) is 26.6. The molecule has 4 aliphatic rings. The Hall–Kier alpha value is -4.24. The molecule has 214 valence electrons. The van der Waals surface area contributed by atoms with Crippen molar-refractivity contribution in [3.63, 3.8) is 0 Å². The second kappa shape index (κ2) is 9.66. The second-order valence-electron chi connectivity index (χ2n) is 11.7. The van der Waals surface area contributed by atoms with Crippen LogP contribution in [0.5, 0.6) is 11.5 Å². The molecular weight excluding hydrogens is 552 g/mol. The number of hydrogen-bond donors (Lipinski definition) is 1. The van der Waals surface area contributed by atoms with Gasteiger partial charge in [0.2, 0.25) is 23.6 Å². The van der Waals surface area contributed by atoms with Gasteiger partial charge in [-0.3, -0.25) is 24.1 Å². The van der Waals surface area contributed by atoms with E-state index in [0.29, 0.717) is 23.4 Å². The number of phenols is 1. The summed E-state index contributed by atoms with van der Waals surface area (Å²) in [6.07, 6.45) is 2.59. The lowest BCUT2D eigenvalue weighted by Crippen LogP contribution is -2.49. The smallest absolute Gasteiger partial charge is 0.241 e. The zero-order chi connectivity index (χ0) is 29.3. The lowest BCUT2D eigenvalue weighted by atomic mass is 9.51. The van der Waals surface area contributed by atoms with Crippen molar-refractivity contribution in [3.05, 3.63) is 88.1 Å². The molecule has 4 amide bonds. The van der Waals surface area contributed by atoms with Crippen molar-refractivity contribution in [2.24, 2.45) is 29.1 Å². The Kier molecular flexibility index (Phi) is 6.13. The van der Waals surface area contributed by atoms with Gasteiger partial charge in [-0.1, -0.05) is 42.0 Å². The molecule has 0 unspecified atom stereocenters. The van der Waals surface area contributed by atoms with Crippen LogP contribution in [0.3, 0.4) is 0 Å². The molecule has 3 aromatic rings. The Balaban J connectivity index is 1.38. The first-order valence-electron chi connectivity index (χ1n) is 14.1. The highest BCUT2D eigenvalue weighted by atomic mass is 32.1. The Morgan fingerprint density at radius 3 is 2.45 bits per heavy atom. The number of allylic oxidation sites excluding steroid dienone is 2. The van der Waals surface area contributed by atoms with Gasteiger partial charge in [-0.25, -0.2) is 4.90 Å². The third kappa shape index (κ3) is 3.59. The van der Waals surface area contributed by atoms with E-state index >= 15 is 0 Å². The van der Waals surface area contributed by atoms with Crippen molar-refractivity contribution < 1.29 is 29.0 Å². The predicted molar refractivity (Wildman–Crippen MR) is 156 cm³/mol. The lowest BCUT2D eigenvalue weighted by Gasteiger charge is -2.49. The van der Waals surface area contributed by atoms with E-state index in [1.54, 1.807) is 49.4 Å². The third-order valence-corrected chi connectivity index (χ3v) is 10.7. The van der Waals surface area contributed by atoms with Gasteiger partial charge in [0.05, 0.1) is 42.5 Å². The molecule has 9 heteroatoms. The SMILES string of the molecule is COc1cccc(O)c1[C@H]1C2=CC[C@@H]3C(=O)N(Cc4cccs4)C(=O)[C@@H]3[C@@H]2C[C@H]2C(=O)N(c3ccccc3)C(=O)[C@@]12C. The number of fused-ring (bicyclic) bond motifs is 4. The molecule has 42 heavy (non-hydrogen) atoms. The monoisotopic (exact) mass is 582 g/mol. The average molecular weight is 583 g/mol. The van der Waals surface area contributed by atoms with E-state index < -0.39 is 35.0 Å². The number of hydrogen-bond acceptors (Lipinski definition) is 7. The summed E-state index contributed by atoms with van der Waals surface area (Å²) in [6.45, 7) is 2.02. The number of rotatable bonds is 5. The van der Waals surface area contributed by atoms with Crippen molar-refractivity contribution in [3.8, 4) is 11.5 Å². The number of anilines is 1. The molecule has 2 aliphatic heterocycles. The molecule has 0 bridgehead atoms. The molecule has 3 fully saturated rings. The van der Waals surface area contributed by atoms with Gasteiger partial charge in [0.1, 0.15) is 11.5 Å². The Bertz CT molecular complexity index is 1650. The molecule has 1 saturated carbocycles. The third-order valence-electron chi connectivity index (χ3n) is 9.83. The number of nitrogens with zero attached hydrogens (tertiary/aromatic N) is 2. The van der Waals surface area contributed by atoms with Gasteiger partial charge >= 0.3 is 0 Å². The number of benzene rings is 2. The molecular formula is C33H30N2O6S. The number of aromatic hydroxyl groups is 1. The summed E-state index contributed by atoms with van der Waals surface area (Å²) in [5.74, 6) is -3.90. The highest BCUT2D eigenvalue weighted by Gasteiger charge is 2.68. The molecule has 2 aliphatic carbocycles. The van der Waals surface area contributed by atoms with E-state index in [2.05, 4.69) is 0 Å². The largest absolute Gasteiger partial charge is 0.508 e. The normalized spacial score (nSPS) is 30.2. The summed E-state index contributed by atoms with van der Waals surface area (Å²) >= 11 is 1.50. The van der Waals surface area contributed by atoms with Crippen LogP contribution >= 0.6 is 11.3 Å². The lowest BCUT2D eigenvalue weighted by molar-refractivity contribution is -0.141. The van der Waals surface area contributed by atoms with Gasteiger partial charge in [-0.05, 0) is 61.4 Å². The average Bonchev–Trinajstić information content (AvgIpc) is 3.65. The molecule has 3 heterocycles. The summed E-state index contributed by atoms with van der Waals surface area (Å²) in [7, 11) is 1.50. The van der Waals surface area contributed by atoms with Crippen molar-refractivity contribution >= 4 is 40.7 Å². The summed E-state index contributed by atoms with van der Waals surface area (Å²) < 4.78 is 5.70. The fraction of sp³-hybridized carbons (Fsp3) is 0.333. The summed E-state index contributed by atoms with van der Waals surface area (Å²) in [6, 6.07) is 17.6.